The van der Waals surface area contributed by atoms with Gasteiger partial charge in [-0.3, -0.25) is 14.4 Å². The molecule has 11 heteroatoms. The van der Waals surface area contributed by atoms with E-state index in [-0.39, 0.29) is 13.0 Å². The van der Waals surface area contributed by atoms with Crippen LogP contribution in [0.15, 0.2) is 65.7 Å². The fourth-order valence-corrected chi connectivity index (χ4v) is 3.43. The zero-order valence-electron chi connectivity index (χ0n) is 19.7. The van der Waals surface area contributed by atoms with Gasteiger partial charge >= 0.3 is 5.97 Å². The number of amides is 3. The molecule has 0 spiro atoms. The van der Waals surface area contributed by atoms with E-state index in [0.717, 1.165) is 18.2 Å². The summed E-state index contributed by atoms with van der Waals surface area (Å²) in [6.07, 6.45) is 0.171. The fourth-order valence-electron chi connectivity index (χ4n) is 3.43. The first-order chi connectivity index (χ1) is 17.4. The van der Waals surface area contributed by atoms with E-state index in [4.69, 9.17) is 4.74 Å². The minimum absolute atomic E-state index is 0.0359. The number of nitrogens with zero attached hydrogens (tertiary/aromatic N) is 1. The van der Waals surface area contributed by atoms with Crippen LogP contribution in [-0.2, 0) is 35.1 Å². The fraction of sp³-hybridized carbons (Fsp3) is 0.320. The number of hydrogen-bond acceptors (Lipinski definition) is 8. The number of rotatable bonds is 11. The quantitative estimate of drug-likeness (QED) is 0.301. The van der Waals surface area contributed by atoms with Crippen LogP contribution in [0.1, 0.15) is 11.1 Å². The molecule has 1 aliphatic rings. The standard InChI is InChI=1S/C25H28N4O7/c1-35-25(34)19(14-30)27-21(31)13-26-22(32)18(12-16-8-4-2-5-9-16)28-23(33)20-15-36-24(29-20)17-10-6-3-7-11-17/h2-11,18-20,30H,12-15H2,1H3,(H,26,32)(H,27,31)(H,28,33)/t18-,19-,20?/m0/s1. The van der Waals surface area contributed by atoms with E-state index in [9.17, 15) is 24.3 Å². The maximum atomic E-state index is 12.9. The molecule has 3 atom stereocenters. The van der Waals surface area contributed by atoms with Gasteiger partial charge in [0.05, 0.1) is 20.3 Å². The van der Waals surface area contributed by atoms with E-state index < -0.39 is 55.0 Å². The van der Waals surface area contributed by atoms with Gasteiger partial charge in [0.25, 0.3) is 0 Å². The van der Waals surface area contributed by atoms with Crippen LogP contribution in [0.5, 0.6) is 0 Å². The monoisotopic (exact) mass is 496 g/mol. The lowest BCUT2D eigenvalue weighted by molar-refractivity contribution is -0.146. The summed E-state index contributed by atoms with van der Waals surface area (Å²) in [5, 5.41) is 16.6. The Labute approximate surface area is 207 Å². The molecule has 1 unspecified atom stereocenters. The van der Waals surface area contributed by atoms with Crippen LogP contribution in [0.4, 0.5) is 0 Å². The van der Waals surface area contributed by atoms with Crippen molar-refractivity contribution in [3.8, 4) is 0 Å². The third kappa shape index (κ3) is 7.37. The van der Waals surface area contributed by atoms with Gasteiger partial charge in [-0.2, -0.15) is 0 Å². The molecule has 1 heterocycles. The van der Waals surface area contributed by atoms with E-state index in [1.807, 2.05) is 60.7 Å². The highest BCUT2D eigenvalue weighted by atomic mass is 16.5. The van der Waals surface area contributed by atoms with E-state index in [1.54, 1.807) is 0 Å². The summed E-state index contributed by atoms with van der Waals surface area (Å²) in [4.78, 5) is 53.9. The number of hydrogen-bond donors (Lipinski definition) is 4. The molecule has 0 saturated carbocycles. The third-order valence-electron chi connectivity index (χ3n) is 5.32. The molecule has 0 bridgehead atoms. The average molecular weight is 497 g/mol. The molecule has 4 N–H and O–H groups in total. The number of aliphatic imine (C=N–C) groups is 1. The second-order valence-electron chi connectivity index (χ2n) is 7.92. The van der Waals surface area contributed by atoms with Gasteiger partial charge in [0.15, 0.2) is 12.1 Å². The maximum Gasteiger partial charge on any atom is 0.330 e. The molecule has 0 aliphatic carbocycles. The van der Waals surface area contributed by atoms with Crippen LogP contribution in [0, 0.1) is 0 Å². The number of benzene rings is 2. The highest BCUT2D eigenvalue weighted by molar-refractivity contribution is 5.99. The SMILES string of the molecule is COC(=O)[C@H](CO)NC(=O)CNC(=O)[C@H](Cc1ccccc1)NC(=O)C1COC(c2ccccc2)=N1. The van der Waals surface area contributed by atoms with Crippen molar-refractivity contribution in [2.75, 3.05) is 26.9 Å². The molecule has 11 nitrogen and oxygen atoms in total. The van der Waals surface area contributed by atoms with Crippen molar-refractivity contribution in [2.24, 2.45) is 4.99 Å². The summed E-state index contributed by atoms with van der Waals surface area (Å²) >= 11 is 0. The lowest BCUT2D eigenvalue weighted by Gasteiger charge is -2.20. The Kier molecular flexibility index (Phi) is 9.52. The normalized spacial score (nSPS) is 16.1. The second kappa shape index (κ2) is 13.0. The van der Waals surface area contributed by atoms with Gasteiger partial charge in [0.1, 0.15) is 12.6 Å². The molecular formula is C25H28N4O7. The van der Waals surface area contributed by atoms with Crippen molar-refractivity contribution in [1.82, 2.24) is 16.0 Å². The summed E-state index contributed by atoms with van der Waals surface area (Å²) in [6, 6.07) is 15.1. The number of carbonyl (C=O) groups is 4. The number of aliphatic hydroxyl groups is 1. The van der Waals surface area contributed by atoms with Gasteiger partial charge in [0.2, 0.25) is 23.6 Å². The van der Waals surface area contributed by atoms with Crippen molar-refractivity contribution in [2.45, 2.75) is 24.5 Å². The van der Waals surface area contributed by atoms with Gasteiger partial charge in [-0.1, -0.05) is 48.5 Å². The smallest absolute Gasteiger partial charge is 0.330 e. The molecule has 0 fully saturated rings. The minimum Gasteiger partial charge on any atom is -0.475 e. The zero-order chi connectivity index (χ0) is 25.9. The van der Waals surface area contributed by atoms with Crippen LogP contribution < -0.4 is 16.0 Å². The second-order valence-corrected chi connectivity index (χ2v) is 7.92. The van der Waals surface area contributed by atoms with Gasteiger partial charge < -0.3 is 30.5 Å². The number of carbonyl (C=O) groups excluding carboxylic acids is 4. The van der Waals surface area contributed by atoms with Crippen molar-refractivity contribution >= 4 is 29.6 Å². The van der Waals surface area contributed by atoms with E-state index in [2.05, 4.69) is 25.7 Å². The summed E-state index contributed by atoms with van der Waals surface area (Å²) in [5.74, 6) is -2.28. The van der Waals surface area contributed by atoms with Gasteiger partial charge in [-0.05, 0) is 17.7 Å². The molecule has 3 rings (SSSR count). The average Bonchev–Trinajstić information content (AvgIpc) is 3.41. The molecule has 190 valence electrons. The first-order valence-electron chi connectivity index (χ1n) is 11.3. The van der Waals surface area contributed by atoms with Crippen LogP contribution in [0.3, 0.4) is 0 Å². The first kappa shape index (κ1) is 26.4. The Morgan fingerprint density at radius 3 is 2.33 bits per heavy atom. The Bertz CT molecular complexity index is 1090. The minimum atomic E-state index is -1.25. The topological polar surface area (TPSA) is 155 Å². The lowest BCUT2D eigenvalue weighted by atomic mass is 10.0. The molecule has 0 saturated heterocycles. The summed E-state index contributed by atoms with van der Waals surface area (Å²) in [5.41, 5.74) is 1.54. The number of esters is 1. The third-order valence-corrected chi connectivity index (χ3v) is 5.32. The molecule has 2 aromatic carbocycles. The van der Waals surface area contributed by atoms with Gasteiger partial charge in [-0.25, -0.2) is 9.79 Å². The Morgan fingerprint density at radius 1 is 1.03 bits per heavy atom. The summed E-state index contributed by atoms with van der Waals surface area (Å²) in [6.45, 7) is -1.10. The molecule has 0 radical (unpaired) electrons. The van der Waals surface area contributed by atoms with Crippen LogP contribution in [-0.4, -0.2) is 79.7 Å². The Balaban J connectivity index is 1.64. The Morgan fingerprint density at radius 2 is 1.69 bits per heavy atom. The van der Waals surface area contributed by atoms with Crippen LogP contribution in [0.25, 0.3) is 0 Å². The number of ether oxygens (including phenoxy) is 2. The molecule has 2 aromatic rings. The molecule has 36 heavy (non-hydrogen) atoms. The van der Waals surface area contributed by atoms with Crippen molar-refractivity contribution in [1.29, 1.82) is 0 Å². The maximum absolute atomic E-state index is 12.9. The molecular weight excluding hydrogens is 468 g/mol. The summed E-state index contributed by atoms with van der Waals surface area (Å²) in [7, 11) is 1.12. The highest BCUT2D eigenvalue weighted by Gasteiger charge is 2.30. The number of methoxy groups -OCH3 is 1. The molecule has 1 aliphatic heterocycles. The van der Waals surface area contributed by atoms with Gasteiger partial charge in [0, 0.05) is 12.0 Å². The number of aliphatic hydroxyl groups excluding tert-OH is 1. The molecule has 3 amide bonds. The lowest BCUT2D eigenvalue weighted by Crippen LogP contribution is -2.53. The van der Waals surface area contributed by atoms with Crippen LogP contribution >= 0.6 is 0 Å². The van der Waals surface area contributed by atoms with Gasteiger partial charge in [-0.15, -0.1) is 0 Å². The van der Waals surface area contributed by atoms with Crippen molar-refractivity contribution < 1.29 is 33.8 Å². The van der Waals surface area contributed by atoms with Crippen LogP contribution in [0.2, 0.25) is 0 Å². The first-order valence-corrected chi connectivity index (χ1v) is 11.3. The predicted molar refractivity (Wildman–Crippen MR) is 129 cm³/mol. The predicted octanol–water partition coefficient (Wildman–Crippen LogP) is -0.674. The number of nitrogens with one attached hydrogen (secondary N) is 3. The van der Waals surface area contributed by atoms with E-state index in [0.29, 0.717) is 5.90 Å². The Hall–Kier alpha value is -4.25. The summed E-state index contributed by atoms with van der Waals surface area (Å²) < 4.78 is 10.1. The van der Waals surface area contributed by atoms with E-state index >= 15 is 0 Å². The molecule has 0 aromatic heterocycles. The zero-order valence-corrected chi connectivity index (χ0v) is 19.7. The highest BCUT2D eigenvalue weighted by Crippen LogP contribution is 2.13. The van der Waals surface area contributed by atoms with E-state index in [1.165, 1.54) is 0 Å². The van der Waals surface area contributed by atoms with Crippen molar-refractivity contribution in [3.05, 3.63) is 71.8 Å². The largest absolute Gasteiger partial charge is 0.475 e. The van der Waals surface area contributed by atoms with Crippen molar-refractivity contribution in [3.63, 3.8) is 0 Å².